The molecule has 6 heteroatoms. The first-order chi connectivity index (χ1) is 9.97. The molecule has 3 rings (SSSR count). The first-order valence-corrected chi connectivity index (χ1v) is 7.28. The van der Waals surface area contributed by atoms with E-state index in [2.05, 4.69) is 31.4 Å². The van der Waals surface area contributed by atoms with E-state index in [-0.39, 0.29) is 5.91 Å². The van der Waals surface area contributed by atoms with E-state index < -0.39 is 0 Å². The summed E-state index contributed by atoms with van der Waals surface area (Å²) in [5, 5.41) is 10.7. The normalized spacial score (nSPS) is 11.0. The molecule has 0 radical (unpaired) electrons. The van der Waals surface area contributed by atoms with Gasteiger partial charge < -0.3 is 9.73 Å². The number of aryl methyl sites for hydroxylation is 3. The number of furan rings is 1. The van der Waals surface area contributed by atoms with Crippen molar-refractivity contribution < 1.29 is 9.21 Å². The largest absolute Gasteiger partial charge is 0.451 e. The number of H-pyrrole nitrogens is 1. The lowest BCUT2D eigenvalue weighted by molar-refractivity contribution is 0.0997. The van der Waals surface area contributed by atoms with Crippen LogP contribution >= 0.6 is 15.9 Å². The zero-order chi connectivity index (χ0) is 15.1. The second kappa shape index (κ2) is 5.04. The molecule has 0 aliphatic heterocycles. The Labute approximate surface area is 129 Å². The summed E-state index contributed by atoms with van der Waals surface area (Å²) in [6.45, 7) is 5.57. The Kier molecular flexibility index (Phi) is 3.33. The number of hydrogen-bond acceptors (Lipinski definition) is 3. The number of rotatable bonds is 2. The molecule has 1 aromatic carbocycles. The van der Waals surface area contributed by atoms with Gasteiger partial charge in [0.05, 0.1) is 17.1 Å². The van der Waals surface area contributed by atoms with Crippen molar-refractivity contribution in [3.05, 3.63) is 45.4 Å². The predicted molar refractivity (Wildman–Crippen MR) is 84.7 cm³/mol. The quantitative estimate of drug-likeness (QED) is 0.733. The van der Waals surface area contributed by atoms with E-state index in [9.17, 15) is 4.79 Å². The van der Waals surface area contributed by atoms with Gasteiger partial charge in [-0.25, -0.2) is 0 Å². The second-order valence-corrected chi connectivity index (χ2v) is 5.88. The number of nitrogens with one attached hydrogen (secondary N) is 2. The maximum absolute atomic E-state index is 12.4. The molecule has 2 aromatic heterocycles. The Bertz CT molecular complexity index is 829. The molecule has 0 aliphatic rings. The summed E-state index contributed by atoms with van der Waals surface area (Å²) in [6.07, 6.45) is 0. The van der Waals surface area contributed by atoms with Crippen LogP contribution in [0.25, 0.3) is 11.0 Å². The number of amides is 1. The highest BCUT2D eigenvalue weighted by Crippen LogP contribution is 2.29. The molecule has 2 heterocycles. The van der Waals surface area contributed by atoms with E-state index in [0.717, 1.165) is 26.8 Å². The molecule has 0 saturated heterocycles. The summed E-state index contributed by atoms with van der Waals surface area (Å²) in [5.41, 5.74) is 3.78. The number of carbonyl (C=O) groups excluding carboxylic acids is 1. The lowest BCUT2D eigenvalue weighted by Crippen LogP contribution is -2.13. The Hall–Kier alpha value is -2.08. The van der Waals surface area contributed by atoms with Crippen molar-refractivity contribution in [3.63, 3.8) is 0 Å². The molecule has 5 nitrogen and oxygen atoms in total. The van der Waals surface area contributed by atoms with Gasteiger partial charge in [0.15, 0.2) is 5.76 Å². The molecular formula is C15H14BrN3O2. The minimum atomic E-state index is -0.271. The second-order valence-electron chi connectivity index (χ2n) is 4.96. The van der Waals surface area contributed by atoms with Crippen molar-refractivity contribution in [2.75, 3.05) is 5.32 Å². The third kappa shape index (κ3) is 2.35. The Balaban J connectivity index is 2.00. The third-order valence-electron chi connectivity index (χ3n) is 3.47. The van der Waals surface area contributed by atoms with Crippen LogP contribution < -0.4 is 5.32 Å². The SMILES string of the molecule is Cc1n[nH]c(C)c1NC(=O)c1oc2ccc(Br)cc2c1C. The summed E-state index contributed by atoms with van der Waals surface area (Å²) < 4.78 is 6.63. The van der Waals surface area contributed by atoms with Gasteiger partial charge in [0.25, 0.3) is 5.91 Å². The maximum Gasteiger partial charge on any atom is 0.291 e. The van der Waals surface area contributed by atoms with Crippen LogP contribution in [0.2, 0.25) is 0 Å². The van der Waals surface area contributed by atoms with Crippen LogP contribution in [-0.2, 0) is 0 Å². The Morgan fingerprint density at radius 3 is 2.76 bits per heavy atom. The molecule has 0 unspecified atom stereocenters. The van der Waals surface area contributed by atoms with Crippen LogP contribution in [0, 0.1) is 20.8 Å². The van der Waals surface area contributed by atoms with Crippen LogP contribution in [0.4, 0.5) is 5.69 Å². The number of fused-ring (bicyclic) bond motifs is 1. The van der Waals surface area contributed by atoms with Crippen molar-refractivity contribution >= 4 is 38.5 Å². The van der Waals surface area contributed by atoms with Gasteiger partial charge >= 0.3 is 0 Å². The van der Waals surface area contributed by atoms with Crippen LogP contribution in [0.1, 0.15) is 27.5 Å². The fourth-order valence-corrected chi connectivity index (χ4v) is 2.68. The first-order valence-electron chi connectivity index (χ1n) is 6.49. The topological polar surface area (TPSA) is 70.9 Å². The number of benzene rings is 1. The lowest BCUT2D eigenvalue weighted by atomic mass is 10.1. The van der Waals surface area contributed by atoms with Gasteiger partial charge in [-0.15, -0.1) is 0 Å². The minimum Gasteiger partial charge on any atom is -0.451 e. The monoisotopic (exact) mass is 347 g/mol. The highest BCUT2D eigenvalue weighted by Gasteiger charge is 2.19. The van der Waals surface area contributed by atoms with Crippen molar-refractivity contribution in [2.45, 2.75) is 20.8 Å². The molecule has 0 saturated carbocycles. The Morgan fingerprint density at radius 1 is 1.33 bits per heavy atom. The maximum atomic E-state index is 12.4. The lowest BCUT2D eigenvalue weighted by Gasteiger charge is -2.03. The number of anilines is 1. The van der Waals surface area contributed by atoms with Crippen molar-refractivity contribution in [1.82, 2.24) is 10.2 Å². The first kappa shape index (κ1) is 13.9. The fourth-order valence-electron chi connectivity index (χ4n) is 2.32. The van der Waals surface area contributed by atoms with Crippen LogP contribution in [0.3, 0.4) is 0 Å². The van der Waals surface area contributed by atoms with Crippen LogP contribution in [-0.4, -0.2) is 16.1 Å². The molecule has 1 amide bonds. The number of aromatic amines is 1. The minimum absolute atomic E-state index is 0.271. The zero-order valence-electron chi connectivity index (χ0n) is 11.9. The van der Waals surface area contributed by atoms with Gasteiger partial charge in [-0.05, 0) is 39.0 Å². The molecule has 21 heavy (non-hydrogen) atoms. The molecule has 0 atom stereocenters. The van der Waals surface area contributed by atoms with Gasteiger partial charge in [-0.3, -0.25) is 9.89 Å². The van der Waals surface area contributed by atoms with E-state index in [4.69, 9.17) is 4.42 Å². The molecule has 108 valence electrons. The number of carbonyl (C=O) groups is 1. The molecular weight excluding hydrogens is 334 g/mol. The van der Waals surface area contributed by atoms with E-state index in [1.165, 1.54) is 0 Å². The van der Waals surface area contributed by atoms with Crippen molar-refractivity contribution in [3.8, 4) is 0 Å². The van der Waals surface area contributed by atoms with Gasteiger partial charge in [-0.2, -0.15) is 5.10 Å². The molecule has 0 fully saturated rings. The predicted octanol–water partition coefficient (Wildman–Crippen LogP) is 4.10. The summed E-state index contributed by atoms with van der Waals surface area (Å²) >= 11 is 3.43. The van der Waals surface area contributed by atoms with Gasteiger partial charge in [-0.1, -0.05) is 15.9 Å². The summed E-state index contributed by atoms with van der Waals surface area (Å²) in [5.74, 6) is 0.0514. The fraction of sp³-hybridized carbons (Fsp3) is 0.200. The van der Waals surface area contributed by atoms with E-state index in [0.29, 0.717) is 17.0 Å². The van der Waals surface area contributed by atoms with Gasteiger partial charge in [0, 0.05) is 15.4 Å². The van der Waals surface area contributed by atoms with E-state index >= 15 is 0 Å². The summed E-state index contributed by atoms with van der Waals surface area (Å²) in [4.78, 5) is 12.4. The summed E-state index contributed by atoms with van der Waals surface area (Å²) in [6, 6.07) is 5.67. The van der Waals surface area contributed by atoms with E-state index in [1.807, 2.05) is 39.0 Å². The standard InChI is InChI=1S/C15H14BrN3O2/c1-7-11-6-10(16)4-5-12(11)21-14(7)15(20)17-13-8(2)18-19-9(13)3/h4-6H,1-3H3,(H,17,20)(H,18,19). The summed E-state index contributed by atoms with van der Waals surface area (Å²) in [7, 11) is 0. The van der Waals surface area contributed by atoms with E-state index in [1.54, 1.807) is 0 Å². The smallest absolute Gasteiger partial charge is 0.291 e. The van der Waals surface area contributed by atoms with Gasteiger partial charge in [0.1, 0.15) is 5.58 Å². The van der Waals surface area contributed by atoms with Crippen LogP contribution in [0.15, 0.2) is 27.1 Å². The molecule has 3 aromatic rings. The molecule has 0 spiro atoms. The number of hydrogen-bond donors (Lipinski definition) is 2. The third-order valence-corrected chi connectivity index (χ3v) is 3.96. The average Bonchev–Trinajstić information content (AvgIpc) is 2.94. The molecule has 0 bridgehead atoms. The highest BCUT2D eigenvalue weighted by molar-refractivity contribution is 9.10. The van der Waals surface area contributed by atoms with Crippen molar-refractivity contribution in [2.24, 2.45) is 0 Å². The number of nitrogens with zero attached hydrogens (tertiary/aromatic N) is 1. The average molecular weight is 348 g/mol. The van der Waals surface area contributed by atoms with Crippen LogP contribution in [0.5, 0.6) is 0 Å². The highest BCUT2D eigenvalue weighted by atomic mass is 79.9. The molecule has 0 aliphatic carbocycles. The number of aromatic nitrogens is 2. The molecule has 2 N–H and O–H groups in total. The Morgan fingerprint density at radius 2 is 2.10 bits per heavy atom. The van der Waals surface area contributed by atoms with Crippen molar-refractivity contribution in [1.29, 1.82) is 0 Å². The zero-order valence-corrected chi connectivity index (χ0v) is 13.5. The number of halogens is 1. The van der Waals surface area contributed by atoms with Gasteiger partial charge in [0.2, 0.25) is 0 Å².